The molecule has 0 radical (unpaired) electrons. The summed E-state index contributed by atoms with van der Waals surface area (Å²) in [5.74, 6) is 0.675. The molecule has 0 N–H and O–H groups in total. The van der Waals surface area contributed by atoms with Gasteiger partial charge in [0.2, 0.25) is 0 Å². The Morgan fingerprint density at radius 3 is 2.03 bits per heavy atom. The minimum atomic E-state index is -0.194. The van der Waals surface area contributed by atoms with Crippen molar-refractivity contribution in [2.75, 3.05) is 20.8 Å². The molecule has 0 saturated carbocycles. The van der Waals surface area contributed by atoms with E-state index >= 15 is 0 Å². The van der Waals surface area contributed by atoms with Crippen molar-refractivity contribution in [1.82, 2.24) is 4.90 Å². The summed E-state index contributed by atoms with van der Waals surface area (Å²) in [6, 6.07) is 16.5. The van der Waals surface area contributed by atoms with Crippen molar-refractivity contribution in [3.05, 3.63) is 54.1 Å². The lowest BCUT2D eigenvalue weighted by molar-refractivity contribution is -0.150. The zero-order valence-corrected chi connectivity index (χ0v) is 18.5. The number of esters is 1. The topological polar surface area (TPSA) is 38.8 Å². The van der Waals surface area contributed by atoms with Crippen LogP contribution in [-0.2, 0) is 16.0 Å². The zero-order valence-electron chi connectivity index (χ0n) is 18.5. The van der Waals surface area contributed by atoms with E-state index in [-0.39, 0.29) is 23.0 Å². The number of carbonyl (C=O) groups excluding carboxylic acids is 1. The summed E-state index contributed by atoms with van der Waals surface area (Å²) < 4.78 is 10.9. The molecular formula is C25H33NO3. The fourth-order valence-electron chi connectivity index (χ4n) is 4.29. The predicted molar refractivity (Wildman–Crippen MR) is 117 cm³/mol. The summed E-state index contributed by atoms with van der Waals surface area (Å²) in [7, 11) is 3.76. The SMILES string of the molecule is COc1ccc(-c2ccc(CCOC(=O)C3CC(C)(C)N(C)C3(C)C)cc2)cc1. The van der Waals surface area contributed by atoms with Crippen LogP contribution in [0.5, 0.6) is 5.75 Å². The fraction of sp³-hybridized carbons (Fsp3) is 0.480. The summed E-state index contributed by atoms with van der Waals surface area (Å²) in [6.07, 6.45) is 1.55. The lowest BCUT2D eigenvalue weighted by Crippen LogP contribution is -2.48. The number of carbonyl (C=O) groups is 1. The maximum absolute atomic E-state index is 12.7. The van der Waals surface area contributed by atoms with Gasteiger partial charge in [0, 0.05) is 17.5 Å². The molecular weight excluding hydrogens is 362 g/mol. The molecule has 3 rings (SSSR count). The van der Waals surface area contributed by atoms with Gasteiger partial charge in [-0.1, -0.05) is 36.4 Å². The normalized spacial score (nSPS) is 20.4. The summed E-state index contributed by atoms with van der Waals surface area (Å²) in [5, 5.41) is 0. The molecule has 1 atom stereocenters. The molecule has 1 fully saturated rings. The van der Waals surface area contributed by atoms with Gasteiger partial charge in [-0.25, -0.2) is 0 Å². The smallest absolute Gasteiger partial charge is 0.310 e. The lowest BCUT2D eigenvalue weighted by Gasteiger charge is -2.37. The van der Waals surface area contributed by atoms with Crippen LogP contribution in [0.2, 0.25) is 0 Å². The van der Waals surface area contributed by atoms with Crippen LogP contribution in [0.3, 0.4) is 0 Å². The predicted octanol–water partition coefficient (Wildman–Crippen LogP) is 4.96. The first-order valence-corrected chi connectivity index (χ1v) is 10.3. The van der Waals surface area contributed by atoms with Crippen molar-refractivity contribution in [2.45, 2.75) is 51.6 Å². The minimum absolute atomic E-state index is 0.00444. The van der Waals surface area contributed by atoms with Gasteiger partial charge in [0.1, 0.15) is 5.75 Å². The third-order valence-corrected chi connectivity index (χ3v) is 6.63. The number of hydrogen-bond acceptors (Lipinski definition) is 4. The van der Waals surface area contributed by atoms with E-state index < -0.39 is 0 Å². The van der Waals surface area contributed by atoms with Crippen molar-refractivity contribution in [3.8, 4) is 16.9 Å². The summed E-state index contributed by atoms with van der Waals surface area (Å²) in [6.45, 7) is 9.05. The average Bonchev–Trinajstić information content (AvgIpc) is 2.88. The van der Waals surface area contributed by atoms with Crippen LogP contribution < -0.4 is 4.74 Å². The van der Waals surface area contributed by atoms with Crippen LogP contribution in [-0.4, -0.2) is 42.7 Å². The van der Waals surface area contributed by atoms with E-state index in [1.165, 1.54) is 0 Å². The Morgan fingerprint density at radius 2 is 1.55 bits per heavy atom. The van der Waals surface area contributed by atoms with E-state index in [1.54, 1.807) is 7.11 Å². The molecule has 4 heteroatoms. The summed E-state index contributed by atoms with van der Waals surface area (Å²) in [4.78, 5) is 15.0. The van der Waals surface area contributed by atoms with Crippen LogP contribution in [0, 0.1) is 5.92 Å². The summed E-state index contributed by atoms with van der Waals surface area (Å²) >= 11 is 0. The van der Waals surface area contributed by atoms with Crippen molar-refractivity contribution in [3.63, 3.8) is 0 Å². The Kier molecular flexibility index (Phi) is 6.04. The molecule has 1 saturated heterocycles. The van der Waals surface area contributed by atoms with Crippen LogP contribution in [0.4, 0.5) is 0 Å². The van der Waals surface area contributed by atoms with Crippen molar-refractivity contribution < 1.29 is 14.3 Å². The van der Waals surface area contributed by atoms with Gasteiger partial charge in [0.25, 0.3) is 0 Å². The van der Waals surface area contributed by atoms with E-state index in [9.17, 15) is 4.79 Å². The van der Waals surface area contributed by atoms with Gasteiger partial charge in [0.05, 0.1) is 19.6 Å². The van der Waals surface area contributed by atoms with Crippen molar-refractivity contribution in [1.29, 1.82) is 0 Å². The van der Waals surface area contributed by atoms with Crippen molar-refractivity contribution >= 4 is 5.97 Å². The largest absolute Gasteiger partial charge is 0.497 e. The standard InChI is InChI=1S/C25H33NO3/c1-24(2)17-22(25(3,4)26(24)5)23(27)29-16-15-18-7-9-19(10-8-18)20-11-13-21(28-6)14-12-20/h7-14,22H,15-17H2,1-6H3. The molecule has 0 bridgehead atoms. The molecule has 1 aliphatic heterocycles. The van der Waals surface area contributed by atoms with Gasteiger partial charge in [-0.2, -0.15) is 0 Å². The second-order valence-electron chi connectivity index (χ2n) is 9.12. The lowest BCUT2D eigenvalue weighted by atomic mass is 9.87. The molecule has 29 heavy (non-hydrogen) atoms. The first-order valence-electron chi connectivity index (χ1n) is 10.3. The Morgan fingerprint density at radius 1 is 1.00 bits per heavy atom. The molecule has 1 unspecified atom stereocenters. The quantitative estimate of drug-likeness (QED) is 0.648. The van der Waals surface area contributed by atoms with Gasteiger partial charge in [-0.05, 0) is 70.0 Å². The maximum Gasteiger partial charge on any atom is 0.310 e. The van der Waals surface area contributed by atoms with Gasteiger partial charge < -0.3 is 9.47 Å². The highest BCUT2D eigenvalue weighted by atomic mass is 16.5. The van der Waals surface area contributed by atoms with Gasteiger partial charge in [-0.15, -0.1) is 0 Å². The Bertz CT molecular complexity index is 837. The molecule has 2 aromatic rings. The van der Waals surface area contributed by atoms with Crippen molar-refractivity contribution in [2.24, 2.45) is 5.92 Å². The summed E-state index contributed by atoms with van der Waals surface area (Å²) in [5.41, 5.74) is 3.29. The molecule has 0 spiro atoms. The van der Waals surface area contributed by atoms with Gasteiger partial charge >= 0.3 is 5.97 Å². The number of rotatable bonds is 6. The monoisotopic (exact) mass is 395 g/mol. The Balaban J connectivity index is 1.55. The average molecular weight is 396 g/mol. The Labute approximate surface area is 174 Å². The zero-order chi connectivity index (χ0) is 21.2. The number of nitrogens with zero attached hydrogens (tertiary/aromatic N) is 1. The van der Waals surface area contributed by atoms with Crippen LogP contribution in [0.25, 0.3) is 11.1 Å². The number of benzene rings is 2. The first-order chi connectivity index (χ1) is 13.6. The molecule has 0 aliphatic carbocycles. The van der Waals surface area contributed by atoms with Gasteiger partial charge in [-0.3, -0.25) is 9.69 Å². The molecule has 1 heterocycles. The molecule has 2 aromatic carbocycles. The molecule has 156 valence electrons. The fourth-order valence-corrected chi connectivity index (χ4v) is 4.29. The van der Waals surface area contributed by atoms with E-state index in [0.29, 0.717) is 6.61 Å². The minimum Gasteiger partial charge on any atom is -0.497 e. The maximum atomic E-state index is 12.7. The van der Waals surface area contributed by atoms with Crippen LogP contribution >= 0.6 is 0 Å². The second kappa shape index (κ2) is 8.19. The van der Waals surface area contributed by atoms with E-state index in [0.717, 1.165) is 35.3 Å². The molecule has 4 nitrogen and oxygen atoms in total. The number of likely N-dealkylation sites (tertiary alicyclic amines) is 1. The third kappa shape index (κ3) is 4.48. The Hall–Kier alpha value is -2.33. The molecule has 1 aliphatic rings. The van der Waals surface area contributed by atoms with E-state index in [1.807, 2.05) is 12.1 Å². The third-order valence-electron chi connectivity index (χ3n) is 6.63. The first kappa shape index (κ1) is 21.4. The highest BCUT2D eigenvalue weighted by Gasteiger charge is 2.52. The van der Waals surface area contributed by atoms with E-state index in [2.05, 4.69) is 76.0 Å². The van der Waals surface area contributed by atoms with Crippen LogP contribution in [0.15, 0.2) is 48.5 Å². The molecule has 0 amide bonds. The number of methoxy groups -OCH3 is 1. The number of hydrogen-bond donors (Lipinski definition) is 0. The second-order valence-corrected chi connectivity index (χ2v) is 9.12. The highest BCUT2D eigenvalue weighted by molar-refractivity contribution is 5.75. The van der Waals surface area contributed by atoms with Gasteiger partial charge in [0.15, 0.2) is 0 Å². The van der Waals surface area contributed by atoms with Crippen LogP contribution in [0.1, 0.15) is 39.7 Å². The van der Waals surface area contributed by atoms with E-state index in [4.69, 9.17) is 9.47 Å². The number of ether oxygens (including phenoxy) is 2. The molecule has 0 aromatic heterocycles. The highest BCUT2D eigenvalue weighted by Crippen LogP contribution is 2.44.